The van der Waals surface area contributed by atoms with Gasteiger partial charge in [0.2, 0.25) is 0 Å². The zero-order valence-electron chi connectivity index (χ0n) is 14.9. The molecule has 2 N–H and O–H groups in total. The standard InChI is InChI=1S/C20H22Cl2N2O2/c1-14(25)19(11-15-6-4-3-5-7-15)23-20(26)13-24(2)12-16-8-9-17(21)18(22)10-16/h3-10,19H,11-13H2,1-2H3,(H,23,26)/p+1/t19-/m1/s1. The number of ketones is 1. The Morgan fingerprint density at radius 1 is 1.04 bits per heavy atom. The molecular weight excluding hydrogens is 371 g/mol. The van der Waals surface area contributed by atoms with Crippen LogP contribution in [0.4, 0.5) is 0 Å². The van der Waals surface area contributed by atoms with Gasteiger partial charge in [-0.05, 0) is 31.0 Å². The third kappa shape index (κ3) is 6.45. The molecule has 0 aliphatic rings. The van der Waals surface area contributed by atoms with Crippen LogP contribution in [0.2, 0.25) is 10.0 Å². The van der Waals surface area contributed by atoms with E-state index in [1.165, 1.54) is 6.92 Å². The second-order valence-electron chi connectivity index (χ2n) is 6.48. The van der Waals surface area contributed by atoms with Crippen LogP contribution < -0.4 is 10.2 Å². The molecule has 4 nitrogen and oxygen atoms in total. The molecule has 2 aromatic carbocycles. The molecule has 0 radical (unpaired) electrons. The van der Waals surface area contributed by atoms with Crippen LogP contribution in [0.15, 0.2) is 48.5 Å². The predicted molar refractivity (Wildman–Crippen MR) is 105 cm³/mol. The second-order valence-corrected chi connectivity index (χ2v) is 7.29. The summed E-state index contributed by atoms with van der Waals surface area (Å²) in [6.45, 7) is 2.40. The summed E-state index contributed by atoms with van der Waals surface area (Å²) in [4.78, 5) is 25.2. The molecule has 26 heavy (non-hydrogen) atoms. The number of hydrogen-bond acceptors (Lipinski definition) is 2. The highest BCUT2D eigenvalue weighted by Crippen LogP contribution is 2.22. The number of likely N-dealkylation sites (N-methyl/N-ethyl adjacent to an activating group) is 1. The highest BCUT2D eigenvalue weighted by atomic mass is 35.5. The first-order valence-electron chi connectivity index (χ1n) is 8.44. The molecule has 138 valence electrons. The number of halogens is 2. The Bertz CT molecular complexity index is 766. The van der Waals surface area contributed by atoms with Crippen molar-refractivity contribution >= 4 is 34.9 Å². The zero-order chi connectivity index (χ0) is 19.1. The van der Waals surface area contributed by atoms with Crippen molar-refractivity contribution in [2.75, 3.05) is 13.6 Å². The van der Waals surface area contributed by atoms with Gasteiger partial charge in [-0.25, -0.2) is 0 Å². The summed E-state index contributed by atoms with van der Waals surface area (Å²) in [6, 6.07) is 14.6. The van der Waals surface area contributed by atoms with Crippen LogP contribution in [0.5, 0.6) is 0 Å². The minimum Gasteiger partial charge on any atom is -0.341 e. The quantitative estimate of drug-likeness (QED) is 0.722. The number of amides is 1. The highest BCUT2D eigenvalue weighted by Gasteiger charge is 2.20. The maximum Gasteiger partial charge on any atom is 0.275 e. The minimum absolute atomic E-state index is 0.0515. The lowest BCUT2D eigenvalue weighted by molar-refractivity contribution is -0.885. The first kappa shape index (κ1) is 20.4. The van der Waals surface area contributed by atoms with E-state index in [2.05, 4.69) is 5.32 Å². The normalized spacial score (nSPS) is 13.1. The number of carbonyl (C=O) groups is 2. The van der Waals surface area contributed by atoms with E-state index in [0.29, 0.717) is 23.0 Å². The summed E-state index contributed by atoms with van der Waals surface area (Å²) in [7, 11) is 1.92. The van der Waals surface area contributed by atoms with E-state index in [-0.39, 0.29) is 18.2 Å². The molecule has 2 atom stereocenters. The Balaban J connectivity index is 1.90. The van der Waals surface area contributed by atoms with Gasteiger partial charge >= 0.3 is 0 Å². The molecule has 6 heteroatoms. The molecule has 2 aromatic rings. The van der Waals surface area contributed by atoms with Crippen LogP contribution in [0.25, 0.3) is 0 Å². The van der Waals surface area contributed by atoms with Crippen molar-refractivity contribution < 1.29 is 14.5 Å². The number of hydrogen-bond donors (Lipinski definition) is 2. The first-order valence-corrected chi connectivity index (χ1v) is 9.19. The van der Waals surface area contributed by atoms with E-state index in [4.69, 9.17) is 23.2 Å². The third-order valence-corrected chi connectivity index (χ3v) is 4.80. The lowest BCUT2D eigenvalue weighted by Crippen LogP contribution is -3.09. The second kappa shape index (κ2) is 9.72. The molecule has 0 fully saturated rings. The molecule has 0 aliphatic carbocycles. The molecule has 0 spiro atoms. The smallest absolute Gasteiger partial charge is 0.275 e. The molecule has 0 aromatic heterocycles. The van der Waals surface area contributed by atoms with Crippen molar-refractivity contribution in [2.45, 2.75) is 25.9 Å². The van der Waals surface area contributed by atoms with E-state index in [0.717, 1.165) is 16.0 Å². The van der Waals surface area contributed by atoms with E-state index in [1.807, 2.05) is 43.4 Å². The number of quaternary nitrogens is 1. The van der Waals surface area contributed by atoms with E-state index >= 15 is 0 Å². The van der Waals surface area contributed by atoms with Gasteiger partial charge in [0, 0.05) is 5.56 Å². The molecule has 2 rings (SSSR count). The molecule has 0 heterocycles. The summed E-state index contributed by atoms with van der Waals surface area (Å²) in [6.07, 6.45) is 0.494. The average molecular weight is 394 g/mol. The fourth-order valence-electron chi connectivity index (χ4n) is 2.73. The van der Waals surface area contributed by atoms with E-state index in [9.17, 15) is 9.59 Å². The summed E-state index contributed by atoms with van der Waals surface area (Å²) in [5, 5.41) is 3.86. The van der Waals surface area contributed by atoms with Crippen LogP contribution in [-0.4, -0.2) is 31.3 Å². The summed E-state index contributed by atoms with van der Waals surface area (Å²) in [5.74, 6) is -0.206. The Morgan fingerprint density at radius 3 is 2.35 bits per heavy atom. The summed E-state index contributed by atoms with van der Waals surface area (Å²) < 4.78 is 0. The molecule has 0 saturated carbocycles. The maximum atomic E-state index is 12.3. The van der Waals surface area contributed by atoms with Gasteiger partial charge in [0.1, 0.15) is 6.54 Å². The molecule has 0 bridgehead atoms. The maximum absolute atomic E-state index is 12.3. The van der Waals surface area contributed by atoms with E-state index < -0.39 is 6.04 Å². The van der Waals surface area contributed by atoms with Gasteiger partial charge in [-0.2, -0.15) is 0 Å². The van der Waals surface area contributed by atoms with E-state index in [1.54, 1.807) is 12.1 Å². The van der Waals surface area contributed by atoms with Crippen molar-refractivity contribution in [3.63, 3.8) is 0 Å². The Labute approximate surface area is 164 Å². The number of Topliss-reactive ketones (excluding diaryl/α,β-unsaturated/α-hetero) is 1. The SMILES string of the molecule is CC(=O)[C@@H](Cc1ccccc1)NC(=O)C[NH+](C)Cc1ccc(Cl)c(Cl)c1. The van der Waals surface area contributed by atoms with Crippen LogP contribution in [0.3, 0.4) is 0 Å². The number of nitrogens with one attached hydrogen (secondary N) is 2. The number of rotatable bonds is 8. The Morgan fingerprint density at radius 2 is 1.73 bits per heavy atom. The van der Waals surface area contributed by atoms with Crippen molar-refractivity contribution in [1.29, 1.82) is 0 Å². The average Bonchev–Trinajstić information content (AvgIpc) is 2.58. The van der Waals surface area contributed by atoms with Gasteiger partial charge < -0.3 is 10.2 Å². The summed E-state index contributed by atoms with van der Waals surface area (Å²) in [5.41, 5.74) is 2.02. The fraction of sp³-hybridized carbons (Fsp3) is 0.300. The zero-order valence-corrected chi connectivity index (χ0v) is 16.4. The third-order valence-electron chi connectivity index (χ3n) is 4.06. The molecular formula is C20H23Cl2N2O2+. The van der Waals surface area contributed by atoms with Gasteiger partial charge in [-0.15, -0.1) is 0 Å². The molecule has 1 amide bonds. The molecule has 1 unspecified atom stereocenters. The predicted octanol–water partition coefficient (Wildman–Crippen LogP) is 2.32. The van der Waals surface area contributed by atoms with Crippen molar-refractivity contribution in [2.24, 2.45) is 0 Å². The van der Waals surface area contributed by atoms with Crippen molar-refractivity contribution in [3.8, 4) is 0 Å². The largest absolute Gasteiger partial charge is 0.341 e. The van der Waals surface area contributed by atoms with Gasteiger partial charge in [-0.3, -0.25) is 9.59 Å². The van der Waals surface area contributed by atoms with Crippen molar-refractivity contribution in [3.05, 3.63) is 69.7 Å². The summed E-state index contributed by atoms with van der Waals surface area (Å²) >= 11 is 11.9. The fourth-order valence-corrected chi connectivity index (χ4v) is 3.05. The number of carbonyl (C=O) groups excluding carboxylic acids is 2. The van der Waals surface area contributed by atoms with Crippen LogP contribution in [0, 0.1) is 0 Å². The lowest BCUT2D eigenvalue weighted by Gasteiger charge is -2.18. The van der Waals surface area contributed by atoms with Crippen molar-refractivity contribution in [1.82, 2.24) is 5.32 Å². The highest BCUT2D eigenvalue weighted by molar-refractivity contribution is 6.42. The number of benzene rings is 2. The van der Waals surface area contributed by atoms with Gasteiger partial charge in [-0.1, -0.05) is 59.6 Å². The topological polar surface area (TPSA) is 50.6 Å². The Hall–Kier alpha value is -1.88. The monoisotopic (exact) mass is 393 g/mol. The van der Waals surface area contributed by atoms with Crippen LogP contribution in [0.1, 0.15) is 18.1 Å². The minimum atomic E-state index is -0.511. The molecule has 0 aliphatic heterocycles. The Kier molecular flexibility index (Phi) is 7.64. The van der Waals surface area contributed by atoms with Crippen LogP contribution in [-0.2, 0) is 22.6 Å². The van der Waals surface area contributed by atoms with Gasteiger partial charge in [0.15, 0.2) is 12.3 Å². The van der Waals surface area contributed by atoms with Crippen LogP contribution >= 0.6 is 23.2 Å². The first-order chi connectivity index (χ1) is 12.3. The molecule has 0 saturated heterocycles. The van der Waals surface area contributed by atoms with Gasteiger partial charge in [0.25, 0.3) is 5.91 Å². The lowest BCUT2D eigenvalue weighted by atomic mass is 10.0. The van der Waals surface area contributed by atoms with Gasteiger partial charge in [0.05, 0.1) is 23.1 Å².